The van der Waals surface area contributed by atoms with Gasteiger partial charge in [-0.05, 0) is 19.3 Å². The highest BCUT2D eigenvalue weighted by atomic mass is 16.4. The van der Waals surface area contributed by atoms with E-state index in [1.807, 2.05) is 6.92 Å². The molecule has 7 nitrogen and oxygen atoms in total. The number of hydrogen-bond acceptors (Lipinski definition) is 4. The molecule has 118 valence electrons. The van der Waals surface area contributed by atoms with E-state index >= 15 is 0 Å². The fourth-order valence-electron chi connectivity index (χ4n) is 2.82. The highest BCUT2D eigenvalue weighted by Crippen LogP contribution is 2.38. The summed E-state index contributed by atoms with van der Waals surface area (Å²) < 4.78 is 1.34. The number of aromatic nitrogens is 2. The van der Waals surface area contributed by atoms with Gasteiger partial charge in [0.2, 0.25) is 5.91 Å². The van der Waals surface area contributed by atoms with Gasteiger partial charge in [-0.15, -0.1) is 0 Å². The Morgan fingerprint density at radius 1 is 1.55 bits per heavy atom. The number of amides is 1. The molecule has 1 atom stereocenters. The molecule has 0 aliphatic heterocycles. The summed E-state index contributed by atoms with van der Waals surface area (Å²) in [6.07, 6.45) is 5.58. The van der Waals surface area contributed by atoms with Gasteiger partial charge in [0.25, 0.3) is 0 Å². The van der Waals surface area contributed by atoms with Crippen LogP contribution in [0.25, 0.3) is 0 Å². The Labute approximate surface area is 128 Å². The van der Waals surface area contributed by atoms with Crippen LogP contribution in [0.3, 0.4) is 0 Å². The number of nitriles is 1. The number of nitrogens with one attached hydrogen (secondary N) is 1. The number of rotatable bonds is 6. The quantitative estimate of drug-likeness (QED) is 0.838. The molecule has 7 heteroatoms. The van der Waals surface area contributed by atoms with Crippen LogP contribution >= 0.6 is 0 Å². The van der Waals surface area contributed by atoms with E-state index in [2.05, 4.69) is 16.5 Å². The first-order chi connectivity index (χ1) is 10.5. The maximum atomic E-state index is 12.3. The lowest BCUT2D eigenvalue weighted by molar-refractivity contribution is -0.141. The van der Waals surface area contributed by atoms with Crippen LogP contribution in [0.15, 0.2) is 12.3 Å². The zero-order valence-electron chi connectivity index (χ0n) is 12.6. The van der Waals surface area contributed by atoms with E-state index in [9.17, 15) is 20.0 Å². The van der Waals surface area contributed by atoms with E-state index in [1.165, 1.54) is 10.9 Å². The second-order valence-corrected chi connectivity index (χ2v) is 5.68. The fourth-order valence-corrected chi connectivity index (χ4v) is 2.82. The Hall–Kier alpha value is -2.36. The zero-order chi connectivity index (χ0) is 16.2. The van der Waals surface area contributed by atoms with Gasteiger partial charge in [0, 0.05) is 12.3 Å². The van der Waals surface area contributed by atoms with E-state index in [4.69, 9.17) is 0 Å². The molecule has 0 radical (unpaired) electrons. The van der Waals surface area contributed by atoms with E-state index in [1.54, 1.807) is 6.07 Å². The third-order valence-corrected chi connectivity index (χ3v) is 4.12. The van der Waals surface area contributed by atoms with Crippen molar-refractivity contribution in [2.75, 3.05) is 5.32 Å². The molecule has 2 N–H and O–H groups in total. The van der Waals surface area contributed by atoms with E-state index in [0.29, 0.717) is 19.3 Å². The van der Waals surface area contributed by atoms with Crippen LogP contribution in [0.5, 0.6) is 0 Å². The van der Waals surface area contributed by atoms with Crippen LogP contribution in [0.2, 0.25) is 0 Å². The van der Waals surface area contributed by atoms with Crippen LogP contribution in [-0.4, -0.2) is 26.8 Å². The second kappa shape index (κ2) is 6.60. The lowest BCUT2D eigenvalue weighted by Crippen LogP contribution is -2.32. The fraction of sp³-hybridized carbons (Fsp3) is 0.600. The van der Waals surface area contributed by atoms with Gasteiger partial charge in [-0.3, -0.25) is 9.48 Å². The Morgan fingerprint density at radius 3 is 2.77 bits per heavy atom. The molecular formula is C15H20N4O3. The highest BCUT2D eigenvalue weighted by molar-refractivity contribution is 5.96. The molecule has 1 fully saturated rings. The molecule has 1 unspecified atom stereocenters. The lowest BCUT2D eigenvalue weighted by atomic mass is 9.87. The Morgan fingerprint density at radius 2 is 2.23 bits per heavy atom. The number of carbonyl (C=O) groups excluding carboxylic acids is 1. The van der Waals surface area contributed by atoms with Crippen molar-refractivity contribution < 1.29 is 14.7 Å². The van der Waals surface area contributed by atoms with Crippen molar-refractivity contribution in [1.82, 2.24) is 9.78 Å². The average Bonchev–Trinajstić information content (AvgIpc) is 3.14. The van der Waals surface area contributed by atoms with Gasteiger partial charge >= 0.3 is 5.97 Å². The molecular weight excluding hydrogens is 284 g/mol. The standard InChI is InChI=1S/C15H20N4O3/c1-2-5-11(13(20)21)19-9-6-12(18-19)17-14(22)15(10-16)7-3-4-8-15/h6,9,11H,2-5,7-8H2,1H3,(H,20,21)(H,17,18,22). The molecule has 0 bridgehead atoms. The van der Waals surface area contributed by atoms with Crippen molar-refractivity contribution in [3.05, 3.63) is 12.3 Å². The summed E-state index contributed by atoms with van der Waals surface area (Å²) in [5, 5.41) is 25.3. The number of aliphatic carboxylic acids is 1. The van der Waals surface area contributed by atoms with Crippen molar-refractivity contribution >= 4 is 17.7 Å². The Balaban J connectivity index is 2.10. The molecule has 0 spiro atoms. The number of hydrogen-bond donors (Lipinski definition) is 2. The summed E-state index contributed by atoms with van der Waals surface area (Å²) in [6, 6.07) is 2.94. The first-order valence-electron chi connectivity index (χ1n) is 7.53. The molecule has 1 amide bonds. The number of carboxylic acid groups (broad SMARTS) is 1. The maximum absolute atomic E-state index is 12.3. The summed E-state index contributed by atoms with van der Waals surface area (Å²) in [4.78, 5) is 23.5. The largest absolute Gasteiger partial charge is 0.480 e. The molecule has 0 aromatic carbocycles. The van der Waals surface area contributed by atoms with E-state index < -0.39 is 17.4 Å². The van der Waals surface area contributed by atoms with Gasteiger partial charge in [-0.1, -0.05) is 26.2 Å². The molecule has 2 rings (SSSR count). The molecule has 1 aromatic heterocycles. The first-order valence-corrected chi connectivity index (χ1v) is 7.53. The predicted octanol–water partition coefficient (Wildman–Crippen LogP) is 2.33. The number of carbonyl (C=O) groups is 2. The molecule has 22 heavy (non-hydrogen) atoms. The zero-order valence-corrected chi connectivity index (χ0v) is 12.6. The second-order valence-electron chi connectivity index (χ2n) is 5.68. The van der Waals surface area contributed by atoms with Crippen LogP contribution in [0.4, 0.5) is 5.82 Å². The molecule has 1 aromatic rings. The van der Waals surface area contributed by atoms with Gasteiger partial charge < -0.3 is 10.4 Å². The minimum atomic E-state index is -0.973. The topological polar surface area (TPSA) is 108 Å². The van der Waals surface area contributed by atoms with E-state index in [0.717, 1.165) is 19.3 Å². The summed E-state index contributed by atoms with van der Waals surface area (Å²) in [7, 11) is 0. The molecule has 1 saturated carbocycles. The SMILES string of the molecule is CCCC(C(=O)O)n1ccc(NC(=O)C2(C#N)CCCC2)n1. The molecule has 0 saturated heterocycles. The minimum absolute atomic E-state index is 0.286. The third kappa shape index (κ3) is 3.11. The maximum Gasteiger partial charge on any atom is 0.328 e. The lowest BCUT2D eigenvalue weighted by Gasteiger charge is -2.18. The molecule has 1 aliphatic rings. The summed E-state index contributed by atoms with van der Waals surface area (Å²) in [5.74, 6) is -1.01. The van der Waals surface area contributed by atoms with Crippen LogP contribution in [0.1, 0.15) is 51.5 Å². The van der Waals surface area contributed by atoms with Crippen molar-refractivity contribution in [3.63, 3.8) is 0 Å². The third-order valence-electron chi connectivity index (χ3n) is 4.12. The van der Waals surface area contributed by atoms with Gasteiger partial charge in [0.05, 0.1) is 6.07 Å². The van der Waals surface area contributed by atoms with Crippen molar-refractivity contribution in [1.29, 1.82) is 5.26 Å². The average molecular weight is 304 g/mol. The van der Waals surface area contributed by atoms with Crippen LogP contribution < -0.4 is 5.32 Å². The monoisotopic (exact) mass is 304 g/mol. The summed E-state index contributed by atoms with van der Waals surface area (Å²) >= 11 is 0. The number of anilines is 1. The Bertz CT molecular complexity index is 596. The molecule has 1 heterocycles. The van der Waals surface area contributed by atoms with Gasteiger partial charge in [0.15, 0.2) is 5.82 Å². The molecule has 1 aliphatic carbocycles. The predicted molar refractivity (Wildman–Crippen MR) is 79.0 cm³/mol. The van der Waals surface area contributed by atoms with Crippen LogP contribution in [0, 0.1) is 16.7 Å². The summed E-state index contributed by atoms with van der Waals surface area (Å²) in [5.41, 5.74) is -0.973. The first kappa shape index (κ1) is 16.0. The summed E-state index contributed by atoms with van der Waals surface area (Å²) in [6.45, 7) is 1.90. The normalized spacial score (nSPS) is 17.6. The van der Waals surface area contributed by atoms with Gasteiger partial charge in [-0.25, -0.2) is 4.79 Å². The smallest absolute Gasteiger partial charge is 0.328 e. The van der Waals surface area contributed by atoms with Gasteiger partial charge in [-0.2, -0.15) is 10.4 Å². The van der Waals surface area contributed by atoms with Gasteiger partial charge in [0.1, 0.15) is 11.5 Å². The van der Waals surface area contributed by atoms with Crippen molar-refractivity contribution in [2.45, 2.75) is 51.5 Å². The van der Waals surface area contributed by atoms with Crippen molar-refractivity contribution in [2.24, 2.45) is 5.41 Å². The minimum Gasteiger partial charge on any atom is -0.480 e. The highest BCUT2D eigenvalue weighted by Gasteiger charge is 2.41. The van der Waals surface area contributed by atoms with Crippen molar-refractivity contribution in [3.8, 4) is 6.07 Å². The Kier molecular flexibility index (Phi) is 4.81. The number of carboxylic acids is 1. The number of nitrogens with zero attached hydrogens (tertiary/aromatic N) is 3. The van der Waals surface area contributed by atoms with E-state index in [-0.39, 0.29) is 11.7 Å². The van der Waals surface area contributed by atoms with Crippen LogP contribution in [-0.2, 0) is 9.59 Å².